The molecule has 0 N–H and O–H groups in total. The summed E-state index contributed by atoms with van der Waals surface area (Å²) in [6.07, 6.45) is 4.66. The molecule has 24 heavy (non-hydrogen) atoms. The second-order valence-corrected chi connectivity index (χ2v) is 5.87. The van der Waals surface area contributed by atoms with Gasteiger partial charge >= 0.3 is 0 Å². The minimum atomic E-state index is 0.989. The summed E-state index contributed by atoms with van der Waals surface area (Å²) in [5.41, 5.74) is 5.25. The van der Waals surface area contributed by atoms with E-state index in [-0.39, 0.29) is 0 Å². The fourth-order valence-corrected chi connectivity index (χ4v) is 2.14. The summed E-state index contributed by atoms with van der Waals surface area (Å²) in [5, 5.41) is 0. The molecular formula is C22H27NS. The van der Waals surface area contributed by atoms with Gasteiger partial charge in [-0.05, 0) is 55.7 Å². The van der Waals surface area contributed by atoms with E-state index in [1.807, 2.05) is 50.5 Å². The number of aryl methyl sites for hydroxylation is 2. The summed E-state index contributed by atoms with van der Waals surface area (Å²) in [4.78, 5) is 5.02. The van der Waals surface area contributed by atoms with E-state index in [1.165, 1.54) is 22.3 Å². The third kappa shape index (κ3) is 7.98. The molecule has 0 saturated carbocycles. The molecule has 3 aromatic rings. The van der Waals surface area contributed by atoms with E-state index in [0.29, 0.717) is 0 Å². The highest BCUT2D eigenvalue weighted by atomic mass is 32.1. The summed E-state index contributed by atoms with van der Waals surface area (Å²) >= 11 is 4.13. The molecule has 0 atom stereocenters. The van der Waals surface area contributed by atoms with E-state index in [1.54, 1.807) is 0 Å². The molecule has 1 aromatic heterocycles. The van der Waals surface area contributed by atoms with Crippen molar-refractivity contribution in [2.45, 2.75) is 39.0 Å². The molecule has 0 aliphatic rings. The van der Waals surface area contributed by atoms with E-state index in [9.17, 15) is 0 Å². The number of nitrogens with zero attached hydrogens (tertiary/aromatic N) is 1. The molecule has 0 aliphatic carbocycles. The fourth-order valence-electron chi connectivity index (χ4n) is 1.99. The van der Waals surface area contributed by atoms with Gasteiger partial charge in [-0.25, -0.2) is 0 Å². The van der Waals surface area contributed by atoms with Crippen LogP contribution in [-0.2, 0) is 6.42 Å². The van der Waals surface area contributed by atoms with Crippen LogP contribution in [0, 0.1) is 13.8 Å². The molecule has 0 saturated heterocycles. The zero-order valence-electron chi connectivity index (χ0n) is 15.0. The molecule has 3 rings (SSSR count). The van der Waals surface area contributed by atoms with Gasteiger partial charge in [0, 0.05) is 17.3 Å². The average Bonchev–Trinajstić information content (AvgIpc) is 2.63. The Labute approximate surface area is 152 Å². The maximum absolute atomic E-state index is 4.13. The summed E-state index contributed by atoms with van der Waals surface area (Å²) < 4.78 is 0. The van der Waals surface area contributed by atoms with Crippen LogP contribution < -0.4 is 0 Å². The minimum absolute atomic E-state index is 0.989. The Morgan fingerprint density at radius 2 is 1.08 bits per heavy atom. The van der Waals surface area contributed by atoms with Gasteiger partial charge < -0.3 is 0 Å². The standard InChI is InChI=1S/C13H13N.C7H8S.C2H6/c1-11-2-4-12(5-3-11)10-13-6-8-14-9-7-13;1-6-2-4-7(8)5-3-6;1-2/h2-9H,10H2,1H3;2-5,8H,1H3;1-2H3. The Balaban J connectivity index is 0.000000245. The first-order valence-corrected chi connectivity index (χ1v) is 8.78. The van der Waals surface area contributed by atoms with Gasteiger partial charge in [0.2, 0.25) is 0 Å². The van der Waals surface area contributed by atoms with Crippen molar-refractivity contribution in [3.05, 3.63) is 95.3 Å². The van der Waals surface area contributed by atoms with E-state index in [4.69, 9.17) is 0 Å². The van der Waals surface area contributed by atoms with Crippen LogP contribution in [0.25, 0.3) is 0 Å². The van der Waals surface area contributed by atoms with Crippen molar-refractivity contribution >= 4 is 12.6 Å². The van der Waals surface area contributed by atoms with Gasteiger partial charge in [0.25, 0.3) is 0 Å². The Morgan fingerprint density at radius 1 is 0.667 bits per heavy atom. The van der Waals surface area contributed by atoms with Crippen LogP contribution in [-0.4, -0.2) is 4.98 Å². The fraction of sp³-hybridized carbons (Fsp3) is 0.227. The van der Waals surface area contributed by atoms with Crippen molar-refractivity contribution in [1.82, 2.24) is 4.98 Å². The van der Waals surface area contributed by atoms with Crippen LogP contribution in [0.4, 0.5) is 0 Å². The highest BCUT2D eigenvalue weighted by molar-refractivity contribution is 7.80. The lowest BCUT2D eigenvalue weighted by molar-refractivity contribution is 1.16. The summed E-state index contributed by atoms with van der Waals surface area (Å²) in [7, 11) is 0. The highest BCUT2D eigenvalue weighted by Crippen LogP contribution is 2.09. The van der Waals surface area contributed by atoms with Gasteiger partial charge in [-0.1, -0.05) is 61.4 Å². The third-order valence-corrected chi connectivity index (χ3v) is 3.61. The van der Waals surface area contributed by atoms with E-state index in [0.717, 1.165) is 11.3 Å². The molecule has 2 heteroatoms. The predicted molar refractivity (Wildman–Crippen MR) is 108 cm³/mol. The van der Waals surface area contributed by atoms with Gasteiger partial charge in [0.1, 0.15) is 0 Å². The third-order valence-electron chi connectivity index (χ3n) is 3.31. The number of hydrogen-bond acceptors (Lipinski definition) is 2. The largest absolute Gasteiger partial charge is 0.265 e. The molecule has 0 spiro atoms. The van der Waals surface area contributed by atoms with Crippen LogP contribution >= 0.6 is 12.6 Å². The normalized spacial score (nSPS) is 9.21. The quantitative estimate of drug-likeness (QED) is 0.542. The number of aromatic nitrogens is 1. The van der Waals surface area contributed by atoms with Crippen molar-refractivity contribution in [2.75, 3.05) is 0 Å². The molecular weight excluding hydrogens is 310 g/mol. The number of hydrogen-bond donors (Lipinski definition) is 1. The molecule has 0 fully saturated rings. The molecule has 0 unspecified atom stereocenters. The highest BCUT2D eigenvalue weighted by Gasteiger charge is 1.94. The zero-order chi connectivity index (χ0) is 17.8. The smallest absolute Gasteiger partial charge is 0.0270 e. The van der Waals surface area contributed by atoms with Crippen LogP contribution in [0.3, 0.4) is 0 Å². The first kappa shape index (κ1) is 20.0. The second-order valence-electron chi connectivity index (χ2n) is 5.35. The monoisotopic (exact) mass is 337 g/mol. The molecule has 1 heterocycles. The Hall–Kier alpha value is -2.06. The lowest BCUT2D eigenvalue weighted by atomic mass is 10.1. The van der Waals surface area contributed by atoms with E-state index < -0.39 is 0 Å². The predicted octanol–water partition coefficient (Wildman–Crippen LogP) is 6.29. The van der Waals surface area contributed by atoms with Crippen molar-refractivity contribution < 1.29 is 0 Å². The minimum Gasteiger partial charge on any atom is -0.265 e. The lowest BCUT2D eigenvalue weighted by Crippen LogP contribution is -1.87. The molecule has 0 bridgehead atoms. The Bertz CT molecular complexity index is 652. The summed E-state index contributed by atoms with van der Waals surface area (Å²) in [6, 6.07) is 20.8. The van der Waals surface area contributed by atoms with Gasteiger partial charge in [-0.15, -0.1) is 12.6 Å². The van der Waals surface area contributed by atoms with Gasteiger partial charge in [-0.3, -0.25) is 4.98 Å². The Kier molecular flexibility index (Phi) is 9.55. The maximum atomic E-state index is 4.13. The van der Waals surface area contributed by atoms with Crippen molar-refractivity contribution in [3.8, 4) is 0 Å². The first-order valence-electron chi connectivity index (χ1n) is 8.33. The molecule has 2 aromatic carbocycles. The van der Waals surface area contributed by atoms with Crippen molar-refractivity contribution in [2.24, 2.45) is 0 Å². The number of pyridine rings is 1. The van der Waals surface area contributed by atoms with E-state index in [2.05, 4.69) is 67.9 Å². The number of thiol groups is 1. The van der Waals surface area contributed by atoms with Crippen molar-refractivity contribution in [3.63, 3.8) is 0 Å². The molecule has 0 radical (unpaired) electrons. The van der Waals surface area contributed by atoms with Crippen LogP contribution in [0.5, 0.6) is 0 Å². The topological polar surface area (TPSA) is 12.9 Å². The van der Waals surface area contributed by atoms with Gasteiger partial charge in [0.15, 0.2) is 0 Å². The summed E-state index contributed by atoms with van der Waals surface area (Å²) in [5.74, 6) is 0. The van der Waals surface area contributed by atoms with Crippen LogP contribution in [0.2, 0.25) is 0 Å². The van der Waals surface area contributed by atoms with Crippen LogP contribution in [0.1, 0.15) is 36.1 Å². The van der Waals surface area contributed by atoms with E-state index >= 15 is 0 Å². The maximum Gasteiger partial charge on any atom is 0.0270 e. The zero-order valence-corrected chi connectivity index (χ0v) is 15.9. The average molecular weight is 338 g/mol. The Morgan fingerprint density at radius 3 is 1.54 bits per heavy atom. The molecule has 126 valence electrons. The lowest BCUT2D eigenvalue weighted by Gasteiger charge is -2.01. The second kappa shape index (κ2) is 11.5. The SMILES string of the molecule is CC.Cc1ccc(Cc2ccncc2)cc1.Cc1ccc(S)cc1. The molecule has 0 amide bonds. The summed E-state index contributed by atoms with van der Waals surface area (Å²) in [6.45, 7) is 8.17. The first-order chi connectivity index (χ1) is 11.6. The molecule has 1 nitrogen and oxygen atoms in total. The number of rotatable bonds is 2. The molecule has 0 aliphatic heterocycles. The van der Waals surface area contributed by atoms with Gasteiger partial charge in [0.05, 0.1) is 0 Å². The van der Waals surface area contributed by atoms with Crippen molar-refractivity contribution in [1.29, 1.82) is 0 Å². The number of benzene rings is 2. The van der Waals surface area contributed by atoms with Crippen LogP contribution in [0.15, 0.2) is 78.0 Å². The van der Waals surface area contributed by atoms with Gasteiger partial charge in [-0.2, -0.15) is 0 Å².